The lowest BCUT2D eigenvalue weighted by molar-refractivity contribution is -0.128. The number of thioether (sulfide) groups is 1. The molecule has 0 spiro atoms. The Bertz CT molecular complexity index is 658. The fraction of sp³-hybridized carbons (Fsp3) is 0.385. The van der Waals surface area contributed by atoms with E-state index in [2.05, 4.69) is 10.6 Å². The van der Waals surface area contributed by atoms with Gasteiger partial charge in [-0.1, -0.05) is 12.1 Å². The van der Waals surface area contributed by atoms with Crippen LogP contribution in [0.15, 0.2) is 29.2 Å². The van der Waals surface area contributed by atoms with E-state index in [9.17, 15) is 18.0 Å². The van der Waals surface area contributed by atoms with E-state index in [1.165, 1.54) is 12.1 Å². The van der Waals surface area contributed by atoms with Gasteiger partial charge in [0.05, 0.1) is 4.90 Å². The highest BCUT2D eigenvalue weighted by Gasteiger charge is 2.23. The Morgan fingerprint density at radius 2 is 2.05 bits per heavy atom. The molecule has 22 heavy (non-hydrogen) atoms. The number of sulfonamides is 1. The van der Waals surface area contributed by atoms with Crippen molar-refractivity contribution < 1.29 is 18.0 Å². The Morgan fingerprint density at radius 1 is 1.36 bits per heavy atom. The van der Waals surface area contributed by atoms with Gasteiger partial charge in [0.2, 0.25) is 21.8 Å². The number of amides is 2. The Labute approximate surface area is 133 Å². The molecule has 120 valence electrons. The van der Waals surface area contributed by atoms with Gasteiger partial charge in [-0.2, -0.15) is 11.8 Å². The standard InChI is InChI=1S/C13H17N3O4S2/c14-22(19,20)10-3-1-9(2-4-10)7-15-13(18)11-8-21-6-5-12(17)16-11/h1-4,11H,5-8H2,(H,15,18)(H,16,17)(H2,14,19,20)/t11-/m0/s1. The van der Waals surface area contributed by atoms with E-state index < -0.39 is 16.1 Å². The number of hydrogen-bond donors (Lipinski definition) is 3. The second-order valence-corrected chi connectivity index (χ2v) is 7.56. The van der Waals surface area contributed by atoms with E-state index >= 15 is 0 Å². The Morgan fingerprint density at radius 3 is 2.68 bits per heavy atom. The molecular formula is C13H17N3O4S2. The molecule has 1 aromatic carbocycles. The number of nitrogens with one attached hydrogen (secondary N) is 2. The molecule has 0 bridgehead atoms. The lowest BCUT2D eigenvalue weighted by atomic mass is 10.2. The first-order chi connectivity index (χ1) is 10.4. The molecule has 9 heteroatoms. The minimum absolute atomic E-state index is 0.0232. The molecule has 0 aliphatic carbocycles. The number of benzene rings is 1. The molecule has 1 atom stereocenters. The van der Waals surface area contributed by atoms with Crippen molar-refractivity contribution in [3.63, 3.8) is 0 Å². The number of nitrogens with two attached hydrogens (primary N) is 1. The Balaban J connectivity index is 1.92. The summed E-state index contributed by atoms with van der Waals surface area (Å²) in [7, 11) is -3.72. The van der Waals surface area contributed by atoms with Crippen LogP contribution in [0.1, 0.15) is 12.0 Å². The van der Waals surface area contributed by atoms with Crippen LogP contribution in [0.3, 0.4) is 0 Å². The number of carbonyl (C=O) groups excluding carboxylic acids is 2. The number of primary sulfonamides is 1. The normalized spacial score (nSPS) is 19.1. The highest BCUT2D eigenvalue weighted by Crippen LogP contribution is 2.11. The molecule has 7 nitrogen and oxygen atoms in total. The van der Waals surface area contributed by atoms with E-state index in [0.717, 1.165) is 5.56 Å². The van der Waals surface area contributed by atoms with Crippen LogP contribution in [0.25, 0.3) is 0 Å². The van der Waals surface area contributed by atoms with Crippen molar-refractivity contribution in [1.29, 1.82) is 0 Å². The molecule has 0 saturated carbocycles. The molecule has 1 aliphatic heterocycles. The summed E-state index contributed by atoms with van der Waals surface area (Å²) in [6.07, 6.45) is 0.420. The lowest BCUT2D eigenvalue weighted by Gasteiger charge is -2.15. The summed E-state index contributed by atoms with van der Waals surface area (Å²) in [5, 5.41) is 10.4. The summed E-state index contributed by atoms with van der Waals surface area (Å²) in [6, 6.07) is 5.41. The summed E-state index contributed by atoms with van der Waals surface area (Å²) in [5.41, 5.74) is 0.744. The van der Waals surface area contributed by atoms with Gasteiger partial charge in [-0.25, -0.2) is 13.6 Å². The van der Waals surface area contributed by atoms with Crippen molar-refractivity contribution in [1.82, 2.24) is 10.6 Å². The van der Waals surface area contributed by atoms with Gasteiger partial charge in [-0.15, -0.1) is 0 Å². The number of hydrogen-bond acceptors (Lipinski definition) is 5. The number of carbonyl (C=O) groups is 2. The van der Waals surface area contributed by atoms with Crippen molar-refractivity contribution in [2.75, 3.05) is 11.5 Å². The zero-order valence-corrected chi connectivity index (χ0v) is 13.4. The average molecular weight is 343 g/mol. The zero-order valence-electron chi connectivity index (χ0n) is 11.7. The highest BCUT2D eigenvalue weighted by molar-refractivity contribution is 7.99. The van der Waals surface area contributed by atoms with Crippen molar-refractivity contribution in [2.45, 2.75) is 23.9 Å². The van der Waals surface area contributed by atoms with Gasteiger partial charge < -0.3 is 10.6 Å². The monoisotopic (exact) mass is 343 g/mol. The van der Waals surface area contributed by atoms with Crippen LogP contribution in [-0.2, 0) is 26.2 Å². The first kappa shape index (κ1) is 16.8. The molecule has 0 unspecified atom stereocenters. The van der Waals surface area contributed by atoms with Crippen LogP contribution in [0.2, 0.25) is 0 Å². The molecule has 2 rings (SSSR count). The minimum atomic E-state index is -3.72. The molecule has 0 radical (unpaired) electrons. The van der Waals surface area contributed by atoms with Crippen molar-refractivity contribution in [3.8, 4) is 0 Å². The van der Waals surface area contributed by atoms with E-state index in [1.807, 2.05) is 0 Å². The third-order valence-electron chi connectivity index (χ3n) is 3.13. The van der Waals surface area contributed by atoms with E-state index in [4.69, 9.17) is 5.14 Å². The van der Waals surface area contributed by atoms with Gasteiger partial charge in [0.25, 0.3) is 0 Å². The summed E-state index contributed by atoms with van der Waals surface area (Å²) >= 11 is 1.56. The summed E-state index contributed by atoms with van der Waals surface area (Å²) in [5.74, 6) is 0.882. The first-order valence-electron chi connectivity index (χ1n) is 6.63. The second-order valence-electron chi connectivity index (χ2n) is 4.85. The SMILES string of the molecule is NS(=O)(=O)c1ccc(CNC(=O)[C@@H]2CSCCC(=O)N2)cc1. The van der Waals surface area contributed by atoms with Gasteiger partial charge >= 0.3 is 0 Å². The highest BCUT2D eigenvalue weighted by atomic mass is 32.2. The van der Waals surface area contributed by atoms with E-state index in [1.54, 1.807) is 23.9 Å². The van der Waals surface area contributed by atoms with Gasteiger partial charge in [-0.05, 0) is 17.7 Å². The topological polar surface area (TPSA) is 118 Å². The fourth-order valence-electron chi connectivity index (χ4n) is 1.92. The molecule has 4 N–H and O–H groups in total. The van der Waals surface area contributed by atoms with Crippen molar-refractivity contribution >= 4 is 33.6 Å². The smallest absolute Gasteiger partial charge is 0.243 e. The maximum atomic E-state index is 12.0. The van der Waals surface area contributed by atoms with Crippen molar-refractivity contribution in [2.24, 2.45) is 5.14 Å². The van der Waals surface area contributed by atoms with E-state index in [-0.39, 0.29) is 23.3 Å². The third-order valence-corrected chi connectivity index (χ3v) is 5.12. The van der Waals surface area contributed by atoms with E-state index in [0.29, 0.717) is 17.9 Å². The van der Waals surface area contributed by atoms with Gasteiger partial charge in [0, 0.05) is 24.5 Å². The van der Waals surface area contributed by atoms with Crippen LogP contribution in [0.5, 0.6) is 0 Å². The lowest BCUT2D eigenvalue weighted by Crippen LogP contribution is -2.47. The quantitative estimate of drug-likeness (QED) is 0.686. The fourth-order valence-corrected chi connectivity index (χ4v) is 3.41. The molecule has 1 aromatic rings. The van der Waals surface area contributed by atoms with Crippen molar-refractivity contribution in [3.05, 3.63) is 29.8 Å². The second kappa shape index (κ2) is 7.12. The van der Waals surface area contributed by atoms with Crippen LogP contribution in [0, 0.1) is 0 Å². The predicted molar refractivity (Wildman–Crippen MR) is 83.5 cm³/mol. The van der Waals surface area contributed by atoms with Crippen LogP contribution in [-0.4, -0.2) is 37.8 Å². The van der Waals surface area contributed by atoms with Crippen LogP contribution < -0.4 is 15.8 Å². The molecule has 1 saturated heterocycles. The summed E-state index contributed by atoms with van der Waals surface area (Å²) < 4.78 is 22.3. The van der Waals surface area contributed by atoms with Gasteiger partial charge in [0.15, 0.2) is 0 Å². The van der Waals surface area contributed by atoms with Crippen LogP contribution >= 0.6 is 11.8 Å². The predicted octanol–water partition coefficient (Wildman–Crippen LogP) is -0.428. The number of rotatable bonds is 4. The summed E-state index contributed by atoms with van der Waals surface area (Å²) in [4.78, 5) is 23.5. The Hall–Kier alpha value is -1.58. The molecule has 0 aromatic heterocycles. The zero-order chi connectivity index (χ0) is 16.2. The molecule has 1 aliphatic rings. The molecule has 1 fully saturated rings. The molecular weight excluding hydrogens is 326 g/mol. The Kier molecular flexibility index (Phi) is 5.43. The molecule has 1 heterocycles. The maximum Gasteiger partial charge on any atom is 0.243 e. The maximum absolute atomic E-state index is 12.0. The molecule has 2 amide bonds. The minimum Gasteiger partial charge on any atom is -0.350 e. The average Bonchev–Trinajstić information content (AvgIpc) is 2.69. The van der Waals surface area contributed by atoms with Gasteiger partial charge in [0.1, 0.15) is 6.04 Å². The first-order valence-corrected chi connectivity index (χ1v) is 9.33. The van der Waals surface area contributed by atoms with Crippen LogP contribution in [0.4, 0.5) is 0 Å². The summed E-state index contributed by atoms with van der Waals surface area (Å²) in [6.45, 7) is 0.251. The third kappa shape index (κ3) is 4.72. The largest absolute Gasteiger partial charge is 0.350 e. The van der Waals surface area contributed by atoms with Gasteiger partial charge in [-0.3, -0.25) is 9.59 Å².